The van der Waals surface area contributed by atoms with Crippen LogP contribution < -0.4 is 32.3 Å². The summed E-state index contributed by atoms with van der Waals surface area (Å²) in [5, 5.41) is 31.4. The number of aromatic carboxylic acids is 1. The number of urea groups is 1. The van der Waals surface area contributed by atoms with Crippen molar-refractivity contribution in [1.29, 1.82) is 0 Å². The zero-order valence-electron chi connectivity index (χ0n) is 58.8. The molecule has 4 heterocycles. The molecule has 7 aromatic rings. The average Bonchev–Trinajstić information content (AvgIpc) is 0.718. The number of fused-ring (bicyclic) bond motifs is 2. The van der Waals surface area contributed by atoms with Gasteiger partial charge in [-0.2, -0.15) is 13.5 Å². The van der Waals surface area contributed by atoms with Crippen molar-refractivity contribution in [3.63, 3.8) is 0 Å². The first-order valence-electron chi connectivity index (χ1n) is 35.1. The van der Waals surface area contributed by atoms with E-state index in [4.69, 9.17) is 25.3 Å². The molecule has 1 aliphatic heterocycles. The predicted octanol–water partition coefficient (Wildman–Crippen LogP) is 10.0. The van der Waals surface area contributed by atoms with Crippen molar-refractivity contribution < 1.29 is 70.7 Å². The molecule has 3 aromatic heterocycles. The van der Waals surface area contributed by atoms with Gasteiger partial charge in [-0.05, 0) is 158 Å². The molecule has 29 heteroatoms. The minimum Gasteiger partial charge on any atom is -0.476 e. The zero-order valence-corrected chi connectivity index (χ0v) is 60.4. The molecule has 4 saturated carbocycles. The molecule has 12 rings (SSSR count). The third-order valence-electron chi connectivity index (χ3n) is 20.6. The van der Waals surface area contributed by atoms with Crippen LogP contribution in [0.15, 0.2) is 115 Å². The number of thiazole rings is 1. The first-order chi connectivity index (χ1) is 49.6. The average molecular weight is 1460 g/mol. The zero-order chi connectivity index (χ0) is 74.3. The lowest BCUT2D eigenvalue weighted by molar-refractivity contribution is -0.247. The summed E-state index contributed by atoms with van der Waals surface area (Å²) in [6.45, 7) is 10.1. The van der Waals surface area contributed by atoms with Crippen LogP contribution in [0.4, 0.5) is 20.4 Å². The highest BCUT2D eigenvalue weighted by molar-refractivity contribution is 7.85. The van der Waals surface area contributed by atoms with Crippen molar-refractivity contribution in [2.75, 3.05) is 49.2 Å². The molecule has 4 aromatic carbocycles. The number of primary amides is 1. The van der Waals surface area contributed by atoms with Gasteiger partial charge in [0.25, 0.3) is 27.8 Å². The minimum absolute atomic E-state index is 0.0296. The van der Waals surface area contributed by atoms with E-state index in [9.17, 15) is 61.2 Å². The Kier molecular flexibility index (Phi) is 23.1. The van der Waals surface area contributed by atoms with Gasteiger partial charge >= 0.3 is 18.1 Å². The Morgan fingerprint density at radius 2 is 1.61 bits per heavy atom. The topological polar surface area (TPSA) is 383 Å². The summed E-state index contributed by atoms with van der Waals surface area (Å²) in [6.07, 6.45) is 10.2. The molecule has 5 unspecified atom stereocenters. The smallest absolute Gasteiger partial charge is 0.410 e. The van der Waals surface area contributed by atoms with Crippen LogP contribution >= 0.6 is 11.3 Å². The fraction of sp³-hybridized carbons (Fsp3) is 0.440. The van der Waals surface area contributed by atoms with Crippen LogP contribution in [0.3, 0.4) is 0 Å². The summed E-state index contributed by atoms with van der Waals surface area (Å²) in [6, 6.07) is 25.6. The number of carboxylic acid groups (broad SMARTS) is 1. The van der Waals surface area contributed by atoms with Gasteiger partial charge in [0, 0.05) is 84.9 Å². The number of unbranched alkanes of at least 4 members (excludes halogenated alkanes) is 2. The van der Waals surface area contributed by atoms with E-state index in [0.717, 1.165) is 58.3 Å². The van der Waals surface area contributed by atoms with E-state index in [1.54, 1.807) is 62.5 Å². The van der Waals surface area contributed by atoms with Crippen LogP contribution in [0.25, 0.3) is 43.4 Å². The van der Waals surface area contributed by atoms with E-state index in [0.29, 0.717) is 93.8 Å². The second-order valence-corrected chi connectivity index (χ2v) is 31.2. The number of imide groups is 1. The Morgan fingerprint density at radius 3 is 2.32 bits per heavy atom. The lowest BCUT2D eigenvalue weighted by atomic mass is 9.39. The van der Waals surface area contributed by atoms with Crippen LogP contribution in [-0.2, 0) is 56.7 Å². The Balaban J connectivity index is 0.713. The molecule has 4 fully saturated rings. The molecule has 4 aliphatic carbocycles. The number of nitrogens with two attached hydrogens (primary N) is 1. The number of carbonyl (C=O) groups excluding carboxylic acids is 8. The van der Waals surface area contributed by atoms with Crippen LogP contribution in [0.2, 0.25) is 0 Å². The Labute approximate surface area is 606 Å². The van der Waals surface area contributed by atoms with Crippen LogP contribution in [-0.4, -0.2) is 157 Å². The van der Waals surface area contributed by atoms with Crippen molar-refractivity contribution >= 4 is 107 Å². The van der Waals surface area contributed by atoms with E-state index < -0.39 is 75.9 Å². The first kappa shape index (κ1) is 75.2. The number of benzene rings is 4. The number of amides is 9. The standard InChI is InChI=1S/C75H88N12O15S2/c1-6-56-50-37-74(44-87-46(4)55(39-78-87)52-26-27-57(80-65(52)69(94)95)49-23-22-48-14-12-15-53(54(48)36-49)66(91)84-71-82-58-16-9-10-18-60(58)103-71)41-73(56,5)42-75(38-50,43-74)102-34-32-85(33-35-104(98,99)100)72(97)101-40-47-20-24-51(25-21-47)79-67(92)59(17-13-30-77-70(76)96)81-68(93)64(45(2)3)83-61(88)19-8-7-11-31-86-62(89)28-29-63(86)90/h9-10,12,14-16,18,20-29,36,39,45,50,56,59,64H,6-8,11,13,17,19,30-35,37-38,40-44H2,1-5H3,(H,79,92)(H,81,93)(H,83,88)(H,94,95)(H3,76,77,96)(H,82,84,91)(H,98,99,100)/t50?,56?,59-,64-,73?,74?,75?/m0/s1. The quantitative estimate of drug-likeness (QED) is 0.0108. The Bertz CT molecular complexity index is 4550. The van der Waals surface area contributed by atoms with Gasteiger partial charge in [-0.1, -0.05) is 100 Å². The van der Waals surface area contributed by atoms with Crippen molar-refractivity contribution in [3.05, 3.63) is 138 Å². The third-order valence-corrected chi connectivity index (χ3v) is 22.3. The number of carbonyl (C=O) groups is 9. The molecule has 27 nitrogen and oxygen atoms in total. The molecule has 104 heavy (non-hydrogen) atoms. The van der Waals surface area contributed by atoms with E-state index in [2.05, 4.69) is 45.4 Å². The van der Waals surface area contributed by atoms with E-state index >= 15 is 0 Å². The fourth-order valence-corrected chi connectivity index (χ4v) is 17.6. The Hall–Kier alpha value is -9.97. The predicted molar refractivity (Wildman–Crippen MR) is 390 cm³/mol. The van der Waals surface area contributed by atoms with Gasteiger partial charge in [-0.15, -0.1) is 0 Å². The molecule has 0 radical (unpaired) electrons. The molecule has 9 amide bonds. The highest BCUT2D eigenvalue weighted by atomic mass is 32.2. The van der Waals surface area contributed by atoms with Gasteiger partial charge in [0.05, 0.1) is 40.1 Å². The number of anilines is 2. The normalized spacial score (nSPS) is 20.2. The lowest BCUT2D eigenvalue weighted by Crippen LogP contribution is -2.65. The van der Waals surface area contributed by atoms with Gasteiger partial charge in [0.2, 0.25) is 17.7 Å². The summed E-state index contributed by atoms with van der Waals surface area (Å²) in [4.78, 5) is 128. The summed E-state index contributed by atoms with van der Waals surface area (Å²) in [5.41, 5.74) is 8.94. The van der Waals surface area contributed by atoms with Crippen LogP contribution in [0.5, 0.6) is 0 Å². The van der Waals surface area contributed by atoms with Crippen LogP contribution in [0.1, 0.15) is 137 Å². The molecule has 5 aliphatic rings. The molecule has 550 valence electrons. The van der Waals surface area contributed by atoms with Crippen LogP contribution in [0, 0.1) is 35.5 Å². The molecular weight excluding hydrogens is 1370 g/mol. The summed E-state index contributed by atoms with van der Waals surface area (Å²) < 4.78 is 49.8. The van der Waals surface area contributed by atoms with Gasteiger partial charge in [-0.25, -0.2) is 24.4 Å². The number of aromatic nitrogens is 4. The number of ether oxygens (including phenoxy) is 2. The van der Waals surface area contributed by atoms with Crippen molar-refractivity contribution in [3.8, 4) is 22.4 Å². The number of hydrogen-bond donors (Lipinski definition) is 8. The monoisotopic (exact) mass is 1460 g/mol. The second-order valence-electron chi connectivity index (χ2n) is 28.5. The lowest BCUT2D eigenvalue weighted by Gasteiger charge is -2.68. The first-order valence-corrected chi connectivity index (χ1v) is 37.6. The number of rotatable bonds is 33. The second kappa shape index (κ2) is 32.0. The summed E-state index contributed by atoms with van der Waals surface area (Å²) in [7, 11) is -4.52. The van der Waals surface area contributed by atoms with Gasteiger partial charge in [-0.3, -0.25) is 48.2 Å². The summed E-state index contributed by atoms with van der Waals surface area (Å²) in [5.74, 6) is -4.33. The van der Waals surface area contributed by atoms with Gasteiger partial charge in [0.15, 0.2) is 10.8 Å². The maximum Gasteiger partial charge on any atom is 0.410 e. The van der Waals surface area contributed by atoms with E-state index in [1.165, 1.54) is 28.4 Å². The van der Waals surface area contributed by atoms with Crippen molar-refractivity contribution in [2.24, 2.45) is 34.3 Å². The molecule has 0 spiro atoms. The van der Waals surface area contributed by atoms with E-state index in [1.807, 2.05) is 66.2 Å². The molecule has 4 bridgehead atoms. The maximum atomic E-state index is 13.9. The molecule has 9 N–H and O–H groups in total. The molecular formula is C75H88N12O15S2. The summed E-state index contributed by atoms with van der Waals surface area (Å²) >= 11 is 1.38. The van der Waals surface area contributed by atoms with E-state index in [-0.39, 0.29) is 92.3 Å². The molecule has 7 atom stereocenters. The highest BCUT2D eigenvalue weighted by Gasteiger charge is 2.66. The number of pyridine rings is 1. The number of hydrogen-bond acceptors (Lipinski definition) is 17. The minimum atomic E-state index is -4.52. The SMILES string of the molecule is CCC1C2CC3(Cn4ncc(-c5ccc(-c6ccc7cccc(C(=O)Nc8nc9ccccc9s8)c7c6)nc5C(=O)O)c4C)CC(OCCN(CCS(=O)(=O)O)C(=O)OCc4ccc(NC(=O)[C@H](CCCNC(N)=O)NC(=O)[C@@H](NC(=O)CCCCCN5C(=O)C=CC5=O)C(C)C)cc4)(C2)CC1(C)C3. The van der Waals surface area contributed by atoms with Gasteiger partial charge < -0.3 is 46.5 Å². The molecule has 0 saturated heterocycles. The number of nitrogens with zero attached hydrogens (tertiary/aromatic N) is 6. The van der Waals surface area contributed by atoms with Gasteiger partial charge in [0.1, 0.15) is 18.7 Å². The number of para-hydroxylation sites is 1. The third kappa shape index (κ3) is 17.8. The maximum absolute atomic E-state index is 13.9. The largest absolute Gasteiger partial charge is 0.476 e. The highest BCUT2D eigenvalue weighted by Crippen LogP contribution is 2.70. The number of carboxylic acids is 1. The number of nitrogens with one attached hydrogen (secondary N) is 5. The van der Waals surface area contributed by atoms with Crippen molar-refractivity contribution in [1.82, 2.24) is 45.5 Å². The van der Waals surface area contributed by atoms with Crippen molar-refractivity contribution in [2.45, 2.75) is 143 Å². The Morgan fingerprint density at radius 1 is 0.837 bits per heavy atom. The fourth-order valence-electron chi connectivity index (χ4n) is 16.3.